The summed E-state index contributed by atoms with van der Waals surface area (Å²) in [4.78, 5) is 25.3. The number of amides is 2. The van der Waals surface area contributed by atoms with Crippen LogP contribution in [0.15, 0.2) is 58.3 Å². The van der Waals surface area contributed by atoms with Crippen LogP contribution in [0.1, 0.15) is 18.1 Å². The van der Waals surface area contributed by atoms with Crippen molar-refractivity contribution in [1.82, 2.24) is 15.2 Å². The second kappa shape index (κ2) is 9.91. The summed E-state index contributed by atoms with van der Waals surface area (Å²) in [6, 6.07) is 14.1. The van der Waals surface area contributed by atoms with Gasteiger partial charge < -0.3 is 0 Å². The van der Waals surface area contributed by atoms with Crippen LogP contribution in [-0.2, 0) is 19.6 Å². The molecule has 0 aliphatic rings. The van der Waals surface area contributed by atoms with Crippen molar-refractivity contribution in [2.75, 3.05) is 13.6 Å². The largest absolute Gasteiger partial charge is 0.272 e. The minimum atomic E-state index is -3.79. The number of thioether (sulfide) groups is 1. The van der Waals surface area contributed by atoms with Gasteiger partial charge in [0.15, 0.2) is 0 Å². The molecular formula is C20H25N3O4S2. The Bertz CT molecular complexity index is 958. The third-order valence-corrected chi connectivity index (χ3v) is 7.05. The Morgan fingerprint density at radius 2 is 1.48 bits per heavy atom. The summed E-state index contributed by atoms with van der Waals surface area (Å²) < 4.78 is 25.9. The van der Waals surface area contributed by atoms with Crippen molar-refractivity contribution in [2.45, 2.75) is 35.8 Å². The van der Waals surface area contributed by atoms with E-state index in [1.807, 2.05) is 38.1 Å². The van der Waals surface area contributed by atoms with Gasteiger partial charge in [-0.3, -0.25) is 20.4 Å². The minimum absolute atomic E-state index is 0.102. The second-order valence-electron chi connectivity index (χ2n) is 6.68. The Balaban J connectivity index is 1.85. The highest BCUT2D eigenvalue weighted by atomic mass is 32.2. The SMILES string of the molecule is Cc1ccc(SC(C)C(=O)NNC(=O)CN(C)S(=O)(=O)c2ccc(C)cc2)cc1. The number of rotatable bonds is 7. The molecule has 2 rings (SSSR count). The summed E-state index contributed by atoms with van der Waals surface area (Å²) in [7, 11) is -2.48. The number of sulfonamides is 1. The summed E-state index contributed by atoms with van der Waals surface area (Å²) in [6.45, 7) is 5.14. The molecule has 9 heteroatoms. The average molecular weight is 436 g/mol. The van der Waals surface area contributed by atoms with Crippen molar-refractivity contribution in [3.63, 3.8) is 0 Å². The number of likely N-dealkylation sites (N-methyl/N-ethyl adjacent to an activating group) is 1. The van der Waals surface area contributed by atoms with E-state index in [4.69, 9.17) is 0 Å². The number of carbonyl (C=O) groups is 2. The fraction of sp³-hybridized carbons (Fsp3) is 0.300. The van der Waals surface area contributed by atoms with Gasteiger partial charge >= 0.3 is 0 Å². The van der Waals surface area contributed by atoms with Crippen molar-refractivity contribution in [1.29, 1.82) is 0 Å². The van der Waals surface area contributed by atoms with Gasteiger partial charge in [0.1, 0.15) is 0 Å². The fourth-order valence-electron chi connectivity index (χ4n) is 2.32. The molecule has 2 amide bonds. The molecule has 0 saturated carbocycles. The van der Waals surface area contributed by atoms with Crippen LogP contribution in [0.3, 0.4) is 0 Å². The van der Waals surface area contributed by atoms with Gasteiger partial charge in [-0.25, -0.2) is 8.42 Å². The number of nitrogens with zero attached hydrogens (tertiary/aromatic N) is 1. The van der Waals surface area contributed by atoms with Crippen molar-refractivity contribution in [3.8, 4) is 0 Å². The highest BCUT2D eigenvalue weighted by Crippen LogP contribution is 2.23. The maximum absolute atomic E-state index is 12.5. The molecule has 0 heterocycles. The van der Waals surface area contributed by atoms with Crippen LogP contribution in [0.4, 0.5) is 0 Å². The Hall–Kier alpha value is -2.36. The molecule has 0 fully saturated rings. The molecule has 1 unspecified atom stereocenters. The number of hydrogen-bond acceptors (Lipinski definition) is 5. The minimum Gasteiger partial charge on any atom is -0.272 e. The van der Waals surface area contributed by atoms with Gasteiger partial charge in [0.25, 0.3) is 11.8 Å². The normalized spacial score (nSPS) is 12.4. The fourth-order valence-corrected chi connectivity index (χ4v) is 4.32. The summed E-state index contributed by atoms with van der Waals surface area (Å²) >= 11 is 1.36. The van der Waals surface area contributed by atoms with Crippen LogP contribution in [0, 0.1) is 13.8 Å². The molecule has 0 aliphatic carbocycles. The van der Waals surface area contributed by atoms with E-state index >= 15 is 0 Å². The zero-order valence-electron chi connectivity index (χ0n) is 16.8. The van der Waals surface area contributed by atoms with E-state index in [0.29, 0.717) is 0 Å². The molecular weight excluding hydrogens is 410 g/mol. The van der Waals surface area contributed by atoms with E-state index in [1.165, 1.54) is 30.9 Å². The standard InChI is InChI=1S/C20H25N3O4S2/c1-14-5-9-17(10-6-14)28-16(3)20(25)22-21-19(24)13-23(4)29(26,27)18-11-7-15(2)8-12-18/h5-12,16H,13H2,1-4H3,(H,21,24)(H,22,25). The van der Waals surface area contributed by atoms with Crippen molar-refractivity contribution in [3.05, 3.63) is 59.7 Å². The summed E-state index contributed by atoms with van der Waals surface area (Å²) in [5.41, 5.74) is 6.66. The molecule has 29 heavy (non-hydrogen) atoms. The Morgan fingerprint density at radius 1 is 0.966 bits per heavy atom. The third-order valence-electron chi connectivity index (χ3n) is 4.12. The van der Waals surface area contributed by atoms with Crippen LogP contribution >= 0.6 is 11.8 Å². The van der Waals surface area contributed by atoms with E-state index in [9.17, 15) is 18.0 Å². The number of carbonyl (C=O) groups excluding carboxylic acids is 2. The highest BCUT2D eigenvalue weighted by molar-refractivity contribution is 8.00. The average Bonchev–Trinajstić information content (AvgIpc) is 2.68. The van der Waals surface area contributed by atoms with Gasteiger partial charge in [0, 0.05) is 11.9 Å². The molecule has 0 aromatic heterocycles. The van der Waals surface area contributed by atoms with Gasteiger partial charge in [-0.15, -0.1) is 11.8 Å². The summed E-state index contributed by atoms with van der Waals surface area (Å²) in [5, 5.41) is -0.438. The molecule has 0 radical (unpaired) electrons. The molecule has 7 nitrogen and oxygen atoms in total. The van der Waals surface area contributed by atoms with Crippen LogP contribution in [0.2, 0.25) is 0 Å². The lowest BCUT2D eigenvalue weighted by Gasteiger charge is -2.18. The molecule has 0 aliphatic heterocycles. The number of hydrazine groups is 1. The lowest BCUT2D eigenvalue weighted by atomic mass is 10.2. The zero-order chi connectivity index (χ0) is 21.6. The first-order valence-electron chi connectivity index (χ1n) is 8.94. The number of benzene rings is 2. The summed E-state index contributed by atoms with van der Waals surface area (Å²) in [6.07, 6.45) is 0. The van der Waals surface area contributed by atoms with E-state index in [-0.39, 0.29) is 10.8 Å². The van der Waals surface area contributed by atoms with Crippen LogP contribution < -0.4 is 10.9 Å². The molecule has 2 N–H and O–H groups in total. The third kappa shape index (κ3) is 6.59. The molecule has 0 bridgehead atoms. The molecule has 1 atom stereocenters. The van der Waals surface area contributed by atoms with Gasteiger partial charge in [-0.05, 0) is 45.0 Å². The Kier molecular flexibility index (Phi) is 7.83. The van der Waals surface area contributed by atoms with Crippen LogP contribution in [-0.4, -0.2) is 43.4 Å². The monoisotopic (exact) mass is 435 g/mol. The summed E-state index contributed by atoms with van der Waals surface area (Å²) in [5.74, 6) is -1.02. The predicted molar refractivity (Wildman–Crippen MR) is 114 cm³/mol. The number of aryl methyl sites for hydroxylation is 2. The first-order chi connectivity index (χ1) is 13.6. The smallest absolute Gasteiger partial charge is 0.253 e. The van der Waals surface area contributed by atoms with Gasteiger partial charge in [0.2, 0.25) is 10.0 Å². The van der Waals surface area contributed by atoms with Crippen molar-refractivity contribution >= 4 is 33.6 Å². The van der Waals surface area contributed by atoms with Gasteiger partial charge in [-0.1, -0.05) is 35.4 Å². The first-order valence-corrected chi connectivity index (χ1v) is 11.3. The highest BCUT2D eigenvalue weighted by Gasteiger charge is 2.23. The Morgan fingerprint density at radius 3 is 2.03 bits per heavy atom. The second-order valence-corrected chi connectivity index (χ2v) is 10.1. The lowest BCUT2D eigenvalue weighted by Crippen LogP contribution is -2.48. The lowest BCUT2D eigenvalue weighted by molar-refractivity contribution is -0.128. The first kappa shape index (κ1) is 22.9. The van der Waals surface area contributed by atoms with Gasteiger partial charge in [-0.2, -0.15) is 4.31 Å². The molecule has 2 aromatic carbocycles. The van der Waals surface area contributed by atoms with Crippen LogP contribution in [0.25, 0.3) is 0 Å². The van der Waals surface area contributed by atoms with E-state index < -0.39 is 27.7 Å². The van der Waals surface area contributed by atoms with Crippen molar-refractivity contribution in [2.24, 2.45) is 0 Å². The Labute approximate surface area is 175 Å². The molecule has 156 valence electrons. The quantitative estimate of drug-likeness (QED) is 0.514. The maximum atomic E-state index is 12.5. The predicted octanol–water partition coefficient (Wildman–Crippen LogP) is 2.25. The molecule has 0 saturated heterocycles. The van der Waals surface area contributed by atoms with Crippen molar-refractivity contribution < 1.29 is 18.0 Å². The number of hydrogen-bond donors (Lipinski definition) is 2. The van der Waals surface area contributed by atoms with Gasteiger partial charge in [0.05, 0.1) is 16.7 Å². The molecule has 0 spiro atoms. The van der Waals surface area contributed by atoms with E-state index in [1.54, 1.807) is 19.1 Å². The number of nitrogens with one attached hydrogen (secondary N) is 2. The maximum Gasteiger partial charge on any atom is 0.253 e. The topological polar surface area (TPSA) is 95.6 Å². The van der Waals surface area contributed by atoms with E-state index in [2.05, 4.69) is 10.9 Å². The zero-order valence-corrected chi connectivity index (χ0v) is 18.4. The molecule has 2 aromatic rings. The van der Waals surface area contributed by atoms with Crippen LogP contribution in [0.5, 0.6) is 0 Å². The van der Waals surface area contributed by atoms with E-state index in [0.717, 1.165) is 20.3 Å².